The predicted octanol–water partition coefficient (Wildman–Crippen LogP) is 3.63. The van der Waals surface area contributed by atoms with Crippen LogP contribution in [0.4, 0.5) is 13.2 Å². The molecule has 1 aliphatic carbocycles. The molecule has 0 saturated heterocycles. The van der Waals surface area contributed by atoms with Crippen molar-refractivity contribution in [1.82, 2.24) is 4.90 Å². The molecular formula is C21H20F3NO5. The van der Waals surface area contributed by atoms with Gasteiger partial charge in [0.2, 0.25) is 0 Å². The highest BCUT2D eigenvalue weighted by Gasteiger charge is 2.48. The molecule has 1 heterocycles. The molecule has 2 aromatic carbocycles. The second-order valence-electron chi connectivity index (χ2n) is 7.21. The summed E-state index contributed by atoms with van der Waals surface area (Å²) in [5.74, 6) is -0.979. The topological polar surface area (TPSA) is 68.2 Å². The molecule has 4 rings (SSSR count). The number of alkyl halides is 3. The van der Waals surface area contributed by atoms with E-state index in [1.807, 2.05) is 0 Å². The Balaban J connectivity index is 2.00. The van der Waals surface area contributed by atoms with Crippen molar-refractivity contribution in [1.29, 1.82) is 0 Å². The predicted molar refractivity (Wildman–Crippen MR) is 101 cm³/mol. The molecule has 9 heteroatoms. The van der Waals surface area contributed by atoms with Gasteiger partial charge in [0.25, 0.3) is 0 Å². The number of halogens is 3. The molecule has 0 saturated carbocycles. The number of phenols is 1. The number of hydrogen-bond acceptors (Lipinski definition) is 5. The number of benzene rings is 2. The monoisotopic (exact) mass is 423 g/mol. The van der Waals surface area contributed by atoms with Crippen LogP contribution < -0.4 is 14.2 Å². The van der Waals surface area contributed by atoms with Crippen LogP contribution in [0, 0.1) is 0 Å². The highest BCUT2D eigenvalue weighted by atomic mass is 19.4. The second-order valence-corrected chi connectivity index (χ2v) is 7.21. The maximum absolute atomic E-state index is 13.3. The minimum Gasteiger partial charge on any atom is -0.504 e. The molecule has 0 bridgehead atoms. The first-order chi connectivity index (χ1) is 14.2. The third-order valence-corrected chi connectivity index (χ3v) is 5.72. The van der Waals surface area contributed by atoms with Crippen LogP contribution in [0.1, 0.15) is 22.7 Å². The number of ether oxygens (including phenoxy) is 3. The van der Waals surface area contributed by atoms with E-state index < -0.39 is 18.1 Å². The van der Waals surface area contributed by atoms with Gasteiger partial charge in [-0.25, -0.2) is 0 Å². The molecule has 2 aliphatic rings. The van der Waals surface area contributed by atoms with Gasteiger partial charge in [-0.15, -0.1) is 0 Å². The Hall–Kier alpha value is -3.10. The fourth-order valence-electron chi connectivity index (χ4n) is 4.48. The summed E-state index contributed by atoms with van der Waals surface area (Å²) in [5.41, 5.74) is 3.06. The Morgan fingerprint density at radius 2 is 1.73 bits per heavy atom. The zero-order valence-electron chi connectivity index (χ0n) is 16.6. The standard InChI is InChI=1S/C21H20F3NO5/c1-28-15-8-11-6-13-17-10(4-5-25(13)20(27)21(22,23)24)7-14(26)19(30-3)18(17)12(11)9-16(15)29-2/h7-9,13,26H,4-6H2,1-3H3. The molecule has 160 valence electrons. The lowest BCUT2D eigenvalue weighted by Crippen LogP contribution is -2.48. The summed E-state index contributed by atoms with van der Waals surface area (Å²) in [5, 5.41) is 10.5. The van der Waals surface area contributed by atoms with E-state index >= 15 is 0 Å². The fraction of sp³-hybridized carbons (Fsp3) is 0.381. The lowest BCUT2D eigenvalue weighted by atomic mass is 9.76. The third kappa shape index (κ3) is 2.91. The van der Waals surface area contributed by atoms with Crippen LogP contribution in [0.2, 0.25) is 0 Å². The van der Waals surface area contributed by atoms with Gasteiger partial charge in [-0.2, -0.15) is 13.2 Å². The van der Waals surface area contributed by atoms with E-state index in [0.717, 1.165) is 4.90 Å². The van der Waals surface area contributed by atoms with Gasteiger partial charge in [0.1, 0.15) is 0 Å². The van der Waals surface area contributed by atoms with E-state index in [9.17, 15) is 23.1 Å². The molecular weight excluding hydrogens is 403 g/mol. The van der Waals surface area contributed by atoms with Gasteiger partial charge in [0.05, 0.1) is 27.4 Å². The highest BCUT2D eigenvalue weighted by molar-refractivity contribution is 5.88. The van der Waals surface area contributed by atoms with Gasteiger partial charge in [0.15, 0.2) is 23.0 Å². The van der Waals surface area contributed by atoms with E-state index in [2.05, 4.69) is 0 Å². The molecule has 6 nitrogen and oxygen atoms in total. The summed E-state index contributed by atoms with van der Waals surface area (Å²) < 4.78 is 55.9. The Bertz CT molecular complexity index is 1030. The number of phenolic OH excluding ortho intramolecular Hbond substituents is 1. The number of nitrogens with zero attached hydrogens (tertiary/aromatic N) is 1. The van der Waals surface area contributed by atoms with Gasteiger partial charge in [-0.05, 0) is 53.3 Å². The average molecular weight is 423 g/mol. The summed E-state index contributed by atoms with van der Waals surface area (Å²) in [7, 11) is 4.32. The van der Waals surface area contributed by atoms with Gasteiger partial charge in [-0.3, -0.25) is 4.79 Å². The Morgan fingerprint density at radius 1 is 1.07 bits per heavy atom. The summed E-state index contributed by atoms with van der Waals surface area (Å²) in [6, 6.07) is 4.07. The Morgan fingerprint density at radius 3 is 2.33 bits per heavy atom. The maximum Gasteiger partial charge on any atom is 0.471 e. The smallest absolute Gasteiger partial charge is 0.471 e. The molecule has 1 aliphatic heterocycles. The lowest BCUT2D eigenvalue weighted by Gasteiger charge is -2.42. The molecule has 30 heavy (non-hydrogen) atoms. The summed E-state index contributed by atoms with van der Waals surface area (Å²) in [6.07, 6.45) is -4.61. The summed E-state index contributed by atoms with van der Waals surface area (Å²) in [4.78, 5) is 13.0. The number of aromatic hydroxyl groups is 1. The van der Waals surface area contributed by atoms with Crippen molar-refractivity contribution >= 4 is 5.91 Å². The van der Waals surface area contributed by atoms with Crippen molar-refractivity contribution in [3.63, 3.8) is 0 Å². The van der Waals surface area contributed by atoms with Crippen LogP contribution in [-0.4, -0.2) is 50.0 Å². The fourth-order valence-corrected chi connectivity index (χ4v) is 4.48. The van der Waals surface area contributed by atoms with Crippen molar-refractivity contribution < 1.29 is 37.3 Å². The van der Waals surface area contributed by atoms with E-state index in [-0.39, 0.29) is 30.9 Å². The van der Waals surface area contributed by atoms with E-state index in [4.69, 9.17) is 14.2 Å². The van der Waals surface area contributed by atoms with Gasteiger partial charge < -0.3 is 24.2 Å². The quantitative estimate of drug-likeness (QED) is 0.817. The zero-order chi connectivity index (χ0) is 21.8. The van der Waals surface area contributed by atoms with Crippen LogP contribution >= 0.6 is 0 Å². The van der Waals surface area contributed by atoms with Crippen LogP contribution in [-0.2, 0) is 17.6 Å². The van der Waals surface area contributed by atoms with E-state index in [1.54, 1.807) is 12.1 Å². The molecule has 0 aromatic heterocycles. The van der Waals surface area contributed by atoms with Crippen molar-refractivity contribution in [2.75, 3.05) is 27.9 Å². The van der Waals surface area contributed by atoms with Crippen molar-refractivity contribution in [2.45, 2.75) is 25.1 Å². The number of rotatable bonds is 3. The van der Waals surface area contributed by atoms with Crippen molar-refractivity contribution in [3.8, 4) is 34.1 Å². The molecule has 1 amide bonds. The highest BCUT2D eigenvalue weighted by Crippen LogP contribution is 2.54. The lowest BCUT2D eigenvalue weighted by molar-refractivity contribution is -0.188. The molecule has 1 unspecified atom stereocenters. The molecule has 0 spiro atoms. The minimum atomic E-state index is -4.98. The Labute approximate surface area is 170 Å². The number of hydrogen-bond donors (Lipinski definition) is 1. The number of carbonyl (C=O) groups excluding carboxylic acids is 1. The molecule has 0 radical (unpaired) electrons. The first-order valence-electron chi connectivity index (χ1n) is 9.27. The number of carbonyl (C=O) groups is 1. The third-order valence-electron chi connectivity index (χ3n) is 5.72. The van der Waals surface area contributed by atoms with Crippen molar-refractivity contribution in [2.24, 2.45) is 0 Å². The number of methoxy groups -OCH3 is 3. The van der Waals surface area contributed by atoms with Crippen LogP contribution in [0.3, 0.4) is 0 Å². The molecule has 0 fully saturated rings. The second kappa shape index (κ2) is 7.00. The van der Waals surface area contributed by atoms with Gasteiger partial charge in [0, 0.05) is 12.1 Å². The maximum atomic E-state index is 13.3. The van der Waals surface area contributed by atoms with Gasteiger partial charge in [-0.1, -0.05) is 0 Å². The van der Waals surface area contributed by atoms with E-state index in [0.29, 0.717) is 39.3 Å². The van der Waals surface area contributed by atoms with Crippen LogP contribution in [0.5, 0.6) is 23.0 Å². The summed E-state index contributed by atoms with van der Waals surface area (Å²) >= 11 is 0. The molecule has 1 atom stereocenters. The summed E-state index contributed by atoms with van der Waals surface area (Å²) in [6.45, 7) is -0.0934. The molecule has 2 aromatic rings. The minimum absolute atomic E-state index is 0.0934. The van der Waals surface area contributed by atoms with Gasteiger partial charge >= 0.3 is 12.1 Å². The largest absolute Gasteiger partial charge is 0.504 e. The van der Waals surface area contributed by atoms with Crippen LogP contribution in [0.25, 0.3) is 11.1 Å². The average Bonchev–Trinajstić information content (AvgIpc) is 2.71. The SMILES string of the molecule is COc1cc2c(cc1OC)-c1c(OC)c(O)cc3c1C(C2)N(C(=O)C(F)(F)F)CC3. The first-order valence-corrected chi connectivity index (χ1v) is 9.27. The first kappa shape index (κ1) is 20.2. The normalized spacial score (nSPS) is 17.1. The molecule has 1 N–H and O–H groups in total. The van der Waals surface area contributed by atoms with Crippen molar-refractivity contribution in [3.05, 3.63) is 34.9 Å². The zero-order valence-corrected chi connectivity index (χ0v) is 16.6. The number of fused-ring (bicyclic) bond motifs is 2. The Kier molecular flexibility index (Phi) is 4.71. The number of amides is 1. The van der Waals surface area contributed by atoms with Crippen LogP contribution in [0.15, 0.2) is 18.2 Å². The van der Waals surface area contributed by atoms with E-state index in [1.165, 1.54) is 27.4 Å².